The van der Waals surface area contributed by atoms with Crippen LogP contribution in [0.3, 0.4) is 0 Å². The van der Waals surface area contributed by atoms with Crippen molar-refractivity contribution < 1.29 is 9.53 Å². The van der Waals surface area contributed by atoms with Crippen molar-refractivity contribution in [3.05, 3.63) is 0 Å². The highest BCUT2D eigenvalue weighted by Gasteiger charge is 2.21. The summed E-state index contributed by atoms with van der Waals surface area (Å²) in [5.41, 5.74) is 0. The average Bonchev–Trinajstić information content (AvgIpc) is 2.19. The van der Waals surface area contributed by atoms with Crippen LogP contribution in [-0.2, 0) is 9.53 Å². The molecule has 0 amide bonds. The predicted molar refractivity (Wildman–Crippen MR) is 51.5 cm³/mol. The molecule has 0 bridgehead atoms. The summed E-state index contributed by atoms with van der Waals surface area (Å²) >= 11 is 0. The number of ether oxygens (including phenoxy) is 1. The topological polar surface area (TPSA) is 38.3 Å². The van der Waals surface area contributed by atoms with Crippen LogP contribution < -0.4 is 5.32 Å². The van der Waals surface area contributed by atoms with Gasteiger partial charge in [0.15, 0.2) is 0 Å². The van der Waals surface area contributed by atoms with Gasteiger partial charge in [-0.25, -0.2) is 0 Å². The van der Waals surface area contributed by atoms with Crippen LogP contribution in [0.4, 0.5) is 0 Å². The Morgan fingerprint density at radius 3 is 3.00 bits per heavy atom. The first-order valence-electron chi connectivity index (χ1n) is 5.24. The molecule has 1 heterocycles. The van der Waals surface area contributed by atoms with Gasteiger partial charge in [-0.05, 0) is 25.8 Å². The van der Waals surface area contributed by atoms with E-state index in [2.05, 4.69) is 12.2 Å². The Morgan fingerprint density at radius 1 is 1.54 bits per heavy atom. The number of hydrogen-bond donors (Lipinski definition) is 1. The lowest BCUT2D eigenvalue weighted by Gasteiger charge is -2.21. The van der Waals surface area contributed by atoms with E-state index in [0.29, 0.717) is 6.61 Å². The molecule has 1 fully saturated rings. The molecular weight excluding hydrogens is 166 g/mol. The second-order valence-electron chi connectivity index (χ2n) is 3.52. The molecule has 13 heavy (non-hydrogen) atoms. The van der Waals surface area contributed by atoms with Crippen molar-refractivity contribution in [1.29, 1.82) is 0 Å². The van der Waals surface area contributed by atoms with Gasteiger partial charge in [-0.2, -0.15) is 0 Å². The van der Waals surface area contributed by atoms with Crippen LogP contribution in [0, 0.1) is 0 Å². The van der Waals surface area contributed by atoms with Gasteiger partial charge in [0, 0.05) is 0 Å². The molecule has 1 aliphatic heterocycles. The number of nitrogens with one attached hydrogen (secondary N) is 1. The SMILES string of the molecule is CCCCOC(=O)[C@@H]1CCCCN1. The fourth-order valence-corrected chi connectivity index (χ4v) is 1.47. The highest BCUT2D eigenvalue weighted by Crippen LogP contribution is 2.08. The van der Waals surface area contributed by atoms with Crippen LogP contribution in [0.15, 0.2) is 0 Å². The molecule has 1 saturated heterocycles. The van der Waals surface area contributed by atoms with Gasteiger partial charge in [0.1, 0.15) is 6.04 Å². The minimum atomic E-state index is -0.0619. The normalized spacial score (nSPS) is 22.7. The Bertz CT molecular complexity index is 153. The third-order valence-electron chi connectivity index (χ3n) is 2.34. The Hall–Kier alpha value is -0.570. The summed E-state index contributed by atoms with van der Waals surface area (Å²) in [5, 5.41) is 3.17. The van der Waals surface area contributed by atoms with Crippen LogP contribution in [0.1, 0.15) is 39.0 Å². The third kappa shape index (κ3) is 3.77. The van der Waals surface area contributed by atoms with E-state index in [0.717, 1.165) is 32.2 Å². The predicted octanol–water partition coefficient (Wildman–Crippen LogP) is 1.47. The molecule has 1 N–H and O–H groups in total. The fraction of sp³-hybridized carbons (Fsp3) is 0.900. The Labute approximate surface area is 79.8 Å². The van der Waals surface area contributed by atoms with Gasteiger partial charge in [-0.3, -0.25) is 4.79 Å². The van der Waals surface area contributed by atoms with Crippen LogP contribution in [-0.4, -0.2) is 25.2 Å². The summed E-state index contributed by atoms with van der Waals surface area (Å²) in [7, 11) is 0. The van der Waals surface area contributed by atoms with Crippen molar-refractivity contribution in [2.75, 3.05) is 13.2 Å². The number of unbranched alkanes of at least 4 members (excludes halogenated alkanes) is 1. The third-order valence-corrected chi connectivity index (χ3v) is 2.34. The molecule has 76 valence electrons. The fourth-order valence-electron chi connectivity index (χ4n) is 1.47. The Kier molecular flexibility index (Phi) is 4.83. The van der Waals surface area contributed by atoms with Crippen LogP contribution in [0.5, 0.6) is 0 Å². The number of carbonyl (C=O) groups excluding carboxylic acids is 1. The van der Waals surface area contributed by atoms with E-state index in [1.165, 1.54) is 6.42 Å². The maximum atomic E-state index is 11.4. The molecule has 3 heteroatoms. The smallest absolute Gasteiger partial charge is 0.323 e. The van der Waals surface area contributed by atoms with Gasteiger partial charge in [-0.1, -0.05) is 19.8 Å². The van der Waals surface area contributed by atoms with Crippen molar-refractivity contribution in [3.8, 4) is 0 Å². The summed E-state index contributed by atoms with van der Waals surface area (Å²) in [6.07, 6.45) is 5.30. The van der Waals surface area contributed by atoms with E-state index in [1.807, 2.05) is 0 Å². The number of carbonyl (C=O) groups is 1. The Balaban J connectivity index is 2.13. The number of rotatable bonds is 4. The molecule has 1 rings (SSSR count). The van der Waals surface area contributed by atoms with Gasteiger partial charge in [-0.15, -0.1) is 0 Å². The standard InChI is InChI=1S/C10H19NO2/c1-2-3-8-13-10(12)9-6-4-5-7-11-9/h9,11H,2-8H2,1H3/t9-/m0/s1. The molecule has 1 atom stereocenters. The zero-order valence-corrected chi connectivity index (χ0v) is 8.34. The van der Waals surface area contributed by atoms with Crippen molar-refractivity contribution in [2.24, 2.45) is 0 Å². The first-order valence-corrected chi connectivity index (χ1v) is 5.24. The van der Waals surface area contributed by atoms with E-state index in [4.69, 9.17) is 4.74 Å². The van der Waals surface area contributed by atoms with E-state index in [1.54, 1.807) is 0 Å². The van der Waals surface area contributed by atoms with Gasteiger partial charge >= 0.3 is 5.97 Å². The molecule has 0 aromatic heterocycles. The van der Waals surface area contributed by atoms with Crippen LogP contribution in [0.25, 0.3) is 0 Å². The highest BCUT2D eigenvalue weighted by atomic mass is 16.5. The molecular formula is C10H19NO2. The minimum Gasteiger partial charge on any atom is -0.465 e. The molecule has 0 spiro atoms. The second-order valence-corrected chi connectivity index (χ2v) is 3.52. The van der Waals surface area contributed by atoms with Crippen LogP contribution >= 0.6 is 0 Å². The zero-order valence-electron chi connectivity index (χ0n) is 8.34. The lowest BCUT2D eigenvalue weighted by Crippen LogP contribution is -2.41. The summed E-state index contributed by atoms with van der Waals surface area (Å²) in [6.45, 7) is 3.62. The molecule has 0 unspecified atom stereocenters. The van der Waals surface area contributed by atoms with Crippen molar-refractivity contribution in [1.82, 2.24) is 5.32 Å². The van der Waals surface area contributed by atoms with E-state index >= 15 is 0 Å². The van der Waals surface area contributed by atoms with Gasteiger partial charge < -0.3 is 10.1 Å². The van der Waals surface area contributed by atoms with Gasteiger partial charge in [0.2, 0.25) is 0 Å². The van der Waals surface area contributed by atoms with Crippen molar-refractivity contribution >= 4 is 5.97 Å². The first-order chi connectivity index (χ1) is 6.34. The van der Waals surface area contributed by atoms with E-state index in [9.17, 15) is 4.79 Å². The number of esters is 1. The largest absolute Gasteiger partial charge is 0.465 e. The zero-order chi connectivity index (χ0) is 9.52. The summed E-state index contributed by atoms with van der Waals surface area (Å²) < 4.78 is 5.12. The minimum absolute atomic E-state index is 0.0365. The number of hydrogen-bond acceptors (Lipinski definition) is 3. The maximum absolute atomic E-state index is 11.4. The van der Waals surface area contributed by atoms with Crippen molar-refractivity contribution in [2.45, 2.75) is 45.1 Å². The van der Waals surface area contributed by atoms with E-state index in [-0.39, 0.29) is 12.0 Å². The molecule has 0 aromatic carbocycles. The summed E-state index contributed by atoms with van der Waals surface area (Å²) in [4.78, 5) is 11.4. The molecule has 0 aliphatic carbocycles. The lowest BCUT2D eigenvalue weighted by atomic mass is 10.1. The monoisotopic (exact) mass is 185 g/mol. The molecule has 0 aromatic rings. The Morgan fingerprint density at radius 2 is 2.38 bits per heavy atom. The number of piperidine rings is 1. The van der Waals surface area contributed by atoms with Crippen LogP contribution in [0.2, 0.25) is 0 Å². The summed E-state index contributed by atoms with van der Waals surface area (Å²) in [6, 6.07) is -0.0365. The van der Waals surface area contributed by atoms with Crippen molar-refractivity contribution in [3.63, 3.8) is 0 Å². The second kappa shape index (κ2) is 5.97. The maximum Gasteiger partial charge on any atom is 0.323 e. The highest BCUT2D eigenvalue weighted by molar-refractivity contribution is 5.75. The molecule has 0 saturated carbocycles. The lowest BCUT2D eigenvalue weighted by molar-refractivity contribution is -0.146. The summed E-state index contributed by atoms with van der Waals surface area (Å²) in [5.74, 6) is -0.0619. The van der Waals surface area contributed by atoms with Gasteiger partial charge in [0.05, 0.1) is 6.61 Å². The van der Waals surface area contributed by atoms with Gasteiger partial charge in [0.25, 0.3) is 0 Å². The first kappa shape index (κ1) is 10.5. The average molecular weight is 185 g/mol. The molecule has 0 radical (unpaired) electrons. The quantitative estimate of drug-likeness (QED) is 0.532. The molecule has 3 nitrogen and oxygen atoms in total. The van der Waals surface area contributed by atoms with E-state index < -0.39 is 0 Å². The molecule has 1 aliphatic rings.